The Morgan fingerprint density at radius 1 is 1.14 bits per heavy atom. The third-order valence-electron chi connectivity index (χ3n) is 3.77. The molecular formula is C20H27BrN4O3. The van der Waals surface area contributed by atoms with E-state index in [0.29, 0.717) is 18.7 Å². The van der Waals surface area contributed by atoms with Crippen LogP contribution in [0.25, 0.3) is 5.69 Å². The van der Waals surface area contributed by atoms with Crippen LogP contribution in [0.1, 0.15) is 31.1 Å². The Morgan fingerprint density at radius 2 is 1.79 bits per heavy atom. The Bertz CT molecular complexity index is 810. The fourth-order valence-corrected chi connectivity index (χ4v) is 2.77. The minimum Gasteiger partial charge on any atom is -0.459 e. The predicted molar refractivity (Wildman–Crippen MR) is 112 cm³/mol. The maximum absolute atomic E-state index is 13.0. The van der Waals surface area contributed by atoms with Gasteiger partial charge >= 0.3 is 5.97 Å². The summed E-state index contributed by atoms with van der Waals surface area (Å²) in [6.45, 7) is 6.42. The summed E-state index contributed by atoms with van der Waals surface area (Å²) in [4.78, 5) is 28.7. The number of esters is 1. The highest BCUT2D eigenvalue weighted by Gasteiger charge is 2.23. The van der Waals surface area contributed by atoms with E-state index in [1.165, 1.54) is 4.90 Å². The van der Waals surface area contributed by atoms with Crippen LogP contribution < -0.4 is 0 Å². The Labute approximate surface area is 174 Å². The highest BCUT2D eigenvalue weighted by molar-refractivity contribution is 9.10. The number of rotatable bonds is 7. The zero-order valence-corrected chi connectivity index (χ0v) is 18.6. The first-order valence-electron chi connectivity index (χ1n) is 9.01. The summed E-state index contributed by atoms with van der Waals surface area (Å²) < 4.78 is 7.96. The van der Waals surface area contributed by atoms with Crippen molar-refractivity contribution >= 4 is 27.8 Å². The van der Waals surface area contributed by atoms with Crippen LogP contribution in [0.3, 0.4) is 0 Å². The summed E-state index contributed by atoms with van der Waals surface area (Å²) in [6.07, 6.45) is 3.53. The molecule has 0 aliphatic rings. The monoisotopic (exact) mass is 450 g/mol. The maximum atomic E-state index is 13.0. The summed E-state index contributed by atoms with van der Waals surface area (Å²) in [7, 11) is 3.85. The molecule has 0 N–H and O–H groups in total. The molecule has 0 aliphatic heterocycles. The number of amides is 1. The van der Waals surface area contributed by atoms with Gasteiger partial charge in [-0.25, -0.2) is 4.68 Å². The van der Waals surface area contributed by atoms with Gasteiger partial charge in [-0.2, -0.15) is 5.10 Å². The minimum atomic E-state index is -0.590. The van der Waals surface area contributed by atoms with Crippen LogP contribution in [0.15, 0.2) is 41.1 Å². The molecule has 1 heterocycles. The van der Waals surface area contributed by atoms with Crippen LogP contribution in [0.4, 0.5) is 0 Å². The molecule has 0 spiro atoms. The van der Waals surface area contributed by atoms with Gasteiger partial charge in [-0.3, -0.25) is 9.59 Å². The van der Waals surface area contributed by atoms with Crippen molar-refractivity contribution in [2.45, 2.75) is 26.4 Å². The molecule has 0 saturated carbocycles. The van der Waals surface area contributed by atoms with E-state index in [1.54, 1.807) is 23.0 Å². The van der Waals surface area contributed by atoms with Gasteiger partial charge in [0.1, 0.15) is 12.1 Å². The van der Waals surface area contributed by atoms with Crippen LogP contribution in [-0.4, -0.2) is 70.8 Å². The number of carbonyl (C=O) groups is 2. The number of ether oxygens (including phenoxy) is 1. The van der Waals surface area contributed by atoms with Crippen molar-refractivity contribution in [3.05, 3.63) is 46.7 Å². The lowest BCUT2D eigenvalue weighted by Gasteiger charge is -2.26. The molecule has 8 heteroatoms. The lowest BCUT2D eigenvalue weighted by Crippen LogP contribution is -2.42. The van der Waals surface area contributed by atoms with Gasteiger partial charge in [0.05, 0.1) is 16.4 Å². The second-order valence-electron chi connectivity index (χ2n) is 7.77. The van der Waals surface area contributed by atoms with Crippen molar-refractivity contribution in [2.75, 3.05) is 33.7 Å². The average molecular weight is 451 g/mol. The van der Waals surface area contributed by atoms with Gasteiger partial charge in [-0.05, 0) is 75.1 Å². The van der Waals surface area contributed by atoms with E-state index in [0.717, 1.165) is 10.2 Å². The van der Waals surface area contributed by atoms with Crippen LogP contribution in [0, 0.1) is 0 Å². The Morgan fingerprint density at radius 3 is 2.29 bits per heavy atom. The quantitative estimate of drug-likeness (QED) is 0.606. The van der Waals surface area contributed by atoms with Crippen LogP contribution in [-0.2, 0) is 9.53 Å². The highest BCUT2D eigenvalue weighted by atomic mass is 79.9. The average Bonchev–Trinajstić information content (AvgIpc) is 3.03. The van der Waals surface area contributed by atoms with Crippen molar-refractivity contribution in [1.82, 2.24) is 19.6 Å². The van der Waals surface area contributed by atoms with Crippen LogP contribution in [0.2, 0.25) is 0 Å². The number of nitrogens with zero attached hydrogens (tertiary/aromatic N) is 4. The van der Waals surface area contributed by atoms with Gasteiger partial charge in [-0.15, -0.1) is 0 Å². The van der Waals surface area contributed by atoms with Crippen LogP contribution in [0.5, 0.6) is 0 Å². The molecular weight excluding hydrogens is 424 g/mol. The molecule has 0 bridgehead atoms. The van der Waals surface area contributed by atoms with Crippen molar-refractivity contribution < 1.29 is 14.3 Å². The largest absolute Gasteiger partial charge is 0.459 e. The summed E-state index contributed by atoms with van der Waals surface area (Å²) in [5.74, 6) is -0.626. The molecule has 2 rings (SSSR count). The molecule has 1 aromatic heterocycles. The maximum Gasteiger partial charge on any atom is 0.326 e. The van der Waals surface area contributed by atoms with Gasteiger partial charge in [-0.1, -0.05) is 0 Å². The predicted octanol–water partition coefficient (Wildman–Crippen LogP) is 2.98. The second kappa shape index (κ2) is 9.34. The van der Waals surface area contributed by atoms with E-state index in [-0.39, 0.29) is 12.5 Å². The molecule has 7 nitrogen and oxygen atoms in total. The second-order valence-corrected chi connectivity index (χ2v) is 8.68. The van der Waals surface area contributed by atoms with E-state index in [2.05, 4.69) is 21.0 Å². The van der Waals surface area contributed by atoms with Gasteiger partial charge in [0.25, 0.3) is 5.91 Å². The van der Waals surface area contributed by atoms with Gasteiger partial charge in [0.2, 0.25) is 0 Å². The van der Waals surface area contributed by atoms with Crippen molar-refractivity contribution in [3.63, 3.8) is 0 Å². The molecule has 2 aromatic rings. The van der Waals surface area contributed by atoms with E-state index in [1.807, 2.05) is 58.1 Å². The third-order valence-corrected chi connectivity index (χ3v) is 4.18. The minimum absolute atomic E-state index is 0.0855. The van der Waals surface area contributed by atoms with Gasteiger partial charge < -0.3 is 14.5 Å². The van der Waals surface area contributed by atoms with Gasteiger partial charge in [0.15, 0.2) is 0 Å². The number of halogens is 1. The summed E-state index contributed by atoms with van der Waals surface area (Å²) in [5.41, 5.74) is 0.763. The fraction of sp³-hybridized carbons (Fsp3) is 0.450. The number of hydrogen-bond acceptors (Lipinski definition) is 5. The molecule has 152 valence electrons. The molecule has 0 saturated heterocycles. The number of benzene rings is 1. The van der Waals surface area contributed by atoms with E-state index in [9.17, 15) is 9.59 Å². The summed E-state index contributed by atoms with van der Waals surface area (Å²) in [6, 6.07) is 7.13. The molecule has 1 aromatic carbocycles. The smallest absolute Gasteiger partial charge is 0.326 e. The van der Waals surface area contributed by atoms with Crippen LogP contribution >= 0.6 is 15.9 Å². The topological polar surface area (TPSA) is 67.7 Å². The Kier molecular flexibility index (Phi) is 7.37. The van der Waals surface area contributed by atoms with Crippen molar-refractivity contribution in [3.8, 4) is 5.69 Å². The zero-order valence-electron chi connectivity index (χ0n) is 17.0. The Balaban J connectivity index is 2.14. The molecule has 0 fully saturated rings. The normalized spacial score (nSPS) is 11.5. The molecule has 0 unspecified atom stereocenters. The number of hydrogen-bond donors (Lipinski definition) is 0. The first-order valence-corrected chi connectivity index (χ1v) is 9.81. The third kappa shape index (κ3) is 6.76. The SMILES string of the molecule is CN(C)CCN(CC(=O)OC(C)(C)C)C(=O)c1ccc(-n2cc(Br)cn2)cc1. The lowest BCUT2D eigenvalue weighted by molar-refractivity contribution is -0.155. The standard InChI is InChI=1S/C20H27BrN4O3/c1-20(2,3)28-18(26)14-24(11-10-23(4)5)19(27)15-6-8-17(9-7-15)25-13-16(21)12-22-25/h6-9,12-13H,10-11,14H2,1-5H3. The molecule has 1 amide bonds. The Hall–Kier alpha value is -2.19. The highest BCUT2D eigenvalue weighted by Crippen LogP contribution is 2.15. The summed E-state index contributed by atoms with van der Waals surface area (Å²) >= 11 is 3.37. The van der Waals surface area contributed by atoms with Crippen molar-refractivity contribution in [1.29, 1.82) is 0 Å². The number of aromatic nitrogens is 2. The first-order chi connectivity index (χ1) is 13.0. The molecule has 28 heavy (non-hydrogen) atoms. The number of likely N-dealkylation sites (N-methyl/N-ethyl adjacent to an activating group) is 1. The molecule has 0 radical (unpaired) electrons. The van der Waals surface area contributed by atoms with E-state index < -0.39 is 11.6 Å². The van der Waals surface area contributed by atoms with E-state index >= 15 is 0 Å². The molecule has 0 atom stereocenters. The van der Waals surface area contributed by atoms with Gasteiger partial charge in [0, 0.05) is 24.8 Å². The zero-order chi connectivity index (χ0) is 20.9. The summed E-state index contributed by atoms with van der Waals surface area (Å²) in [5, 5.41) is 4.23. The van der Waals surface area contributed by atoms with E-state index in [4.69, 9.17) is 4.74 Å². The van der Waals surface area contributed by atoms with Crippen molar-refractivity contribution in [2.24, 2.45) is 0 Å². The number of carbonyl (C=O) groups excluding carboxylic acids is 2. The molecule has 0 aliphatic carbocycles. The lowest BCUT2D eigenvalue weighted by atomic mass is 10.1. The fourth-order valence-electron chi connectivity index (χ4n) is 2.48. The first kappa shape index (κ1) is 22.1.